The van der Waals surface area contributed by atoms with Gasteiger partial charge in [0.1, 0.15) is 11.7 Å². The van der Waals surface area contributed by atoms with E-state index in [4.69, 9.17) is 5.41 Å². The van der Waals surface area contributed by atoms with Gasteiger partial charge >= 0.3 is 0 Å². The number of amidine groups is 1. The Morgan fingerprint density at radius 3 is 2.55 bits per heavy atom. The van der Waals surface area contributed by atoms with Crippen LogP contribution in [0.15, 0.2) is 50.5 Å². The van der Waals surface area contributed by atoms with Gasteiger partial charge in [-0.2, -0.15) is 0 Å². The van der Waals surface area contributed by atoms with Crippen LogP contribution < -0.4 is 10.6 Å². The highest BCUT2D eigenvalue weighted by atomic mass is 32.1. The van der Waals surface area contributed by atoms with Gasteiger partial charge in [-0.05, 0) is 30.8 Å². The molecule has 0 aliphatic heterocycles. The maximum Gasteiger partial charge on any atom is 0.137 e. The molecule has 5 nitrogen and oxygen atoms in total. The van der Waals surface area contributed by atoms with Crippen molar-refractivity contribution in [3.63, 3.8) is 0 Å². The van der Waals surface area contributed by atoms with Crippen molar-refractivity contribution in [3.05, 3.63) is 41.2 Å². The minimum absolute atomic E-state index is 0.531. The number of benzene rings is 1. The summed E-state index contributed by atoms with van der Waals surface area (Å²) >= 11 is 4.28. The largest absolute Gasteiger partial charge is 0.373 e. The molecule has 3 N–H and O–H groups in total. The minimum Gasteiger partial charge on any atom is -0.373 e. The van der Waals surface area contributed by atoms with Gasteiger partial charge in [0, 0.05) is 31.2 Å². The predicted octanol–water partition coefficient (Wildman–Crippen LogP) is 2.65. The van der Waals surface area contributed by atoms with Gasteiger partial charge in [0.15, 0.2) is 0 Å². The molecule has 0 bridgehead atoms. The lowest BCUT2D eigenvalue weighted by Crippen LogP contribution is -2.28. The molecule has 0 aliphatic carbocycles. The lowest BCUT2D eigenvalue weighted by atomic mass is 10.2. The van der Waals surface area contributed by atoms with Crippen molar-refractivity contribution in [2.24, 2.45) is 9.98 Å². The van der Waals surface area contributed by atoms with Gasteiger partial charge < -0.3 is 16.0 Å². The molecular weight excluding hydrogens is 294 g/mol. The number of hydrogen-bond acceptors (Lipinski definition) is 5. The van der Waals surface area contributed by atoms with Crippen molar-refractivity contribution in [2.75, 3.05) is 13.6 Å². The van der Waals surface area contributed by atoms with E-state index in [9.17, 15) is 0 Å². The van der Waals surface area contributed by atoms with Crippen LogP contribution in [0, 0.1) is 5.41 Å². The lowest BCUT2D eigenvalue weighted by molar-refractivity contribution is 0.869. The third-order valence-corrected chi connectivity index (χ3v) is 3.24. The lowest BCUT2D eigenvalue weighted by Gasteiger charge is -2.13. The van der Waals surface area contributed by atoms with Crippen LogP contribution in [-0.4, -0.2) is 32.4 Å². The molecule has 0 aromatic heterocycles. The van der Waals surface area contributed by atoms with E-state index in [0.717, 1.165) is 16.9 Å². The second-order valence-electron chi connectivity index (χ2n) is 4.57. The van der Waals surface area contributed by atoms with E-state index in [1.165, 1.54) is 6.21 Å². The highest BCUT2D eigenvalue weighted by Gasteiger charge is 2.10. The van der Waals surface area contributed by atoms with E-state index in [0.29, 0.717) is 30.3 Å². The topological polar surface area (TPSA) is 72.6 Å². The zero-order chi connectivity index (χ0) is 16.4. The monoisotopic (exact) mass is 317 g/mol. The van der Waals surface area contributed by atoms with Crippen molar-refractivity contribution >= 4 is 31.4 Å². The van der Waals surface area contributed by atoms with Crippen molar-refractivity contribution < 1.29 is 0 Å². The normalized spacial score (nSPS) is 12.4. The van der Waals surface area contributed by atoms with Crippen LogP contribution >= 0.6 is 12.6 Å². The molecular formula is C16H23N5S. The first kappa shape index (κ1) is 18.0. The molecule has 0 amide bonds. The number of thiol groups is 1. The first-order valence-electron chi connectivity index (χ1n) is 7.12. The Kier molecular flexibility index (Phi) is 7.99. The third-order valence-electron chi connectivity index (χ3n) is 2.94. The molecule has 0 heterocycles. The van der Waals surface area contributed by atoms with E-state index >= 15 is 0 Å². The molecule has 0 spiro atoms. The van der Waals surface area contributed by atoms with Gasteiger partial charge in [0.2, 0.25) is 0 Å². The first-order chi connectivity index (χ1) is 10.7. The van der Waals surface area contributed by atoms with Gasteiger partial charge in [0.05, 0.1) is 5.57 Å². The summed E-state index contributed by atoms with van der Waals surface area (Å²) in [6.45, 7) is 6.88. The molecule has 1 aromatic rings. The molecule has 6 heteroatoms. The van der Waals surface area contributed by atoms with E-state index in [2.05, 4.69) is 46.9 Å². The van der Waals surface area contributed by atoms with Gasteiger partial charge in [0.25, 0.3) is 0 Å². The molecule has 0 aliphatic rings. The Morgan fingerprint density at radius 2 is 2.05 bits per heavy atom. The number of hydrogen-bond donors (Lipinski definition) is 4. The smallest absolute Gasteiger partial charge is 0.137 e. The second kappa shape index (κ2) is 9.78. The summed E-state index contributed by atoms with van der Waals surface area (Å²) in [6.07, 6.45) is 2.17. The first-order valence-corrected chi connectivity index (χ1v) is 7.56. The maximum absolute atomic E-state index is 7.63. The Morgan fingerprint density at radius 1 is 1.36 bits per heavy atom. The number of nitrogens with zero attached hydrogens (tertiary/aromatic N) is 2. The summed E-state index contributed by atoms with van der Waals surface area (Å²) in [7, 11) is 1.75. The number of aliphatic imine (C=N–C) groups is 2. The summed E-state index contributed by atoms with van der Waals surface area (Å²) in [5, 5.41) is 13.8. The van der Waals surface area contributed by atoms with Gasteiger partial charge in [-0.15, -0.1) is 12.6 Å². The second-order valence-corrected chi connectivity index (χ2v) is 5.08. The van der Waals surface area contributed by atoms with E-state index in [-0.39, 0.29) is 0 Å². The molecule has 118 valence electrons. The Balaban J connectivity index is 2.97. The Labute approximate surface area is 137 Å². The van der Waals surface area contributed by atoms with Gasteiger partial charge in [-0.25, -0.2) is 4.99 Å². The summed E-state index contributed by atoms with van der Waals surface area (Å²) in [4.78, 5) is 9.35. The minimum atomic E-state index is 0.531. The van der Waals surface area contributed by atoms with Crippen LogP contribution in [0.4, 0.5) is 0 Å². The zero-order valence-corrected chi connectivity index (χ0v) is 14.0. The third kappa shape index (κ3) is 5.37. The molecule has 0 unspecified atom stereocenters. The fourth-order valence-corrected chi connectivity index (χ4v) is 1.96. The molecule has 0 fully saturated rings. The van der Waals surface area contributed by atoms with Gasteiger partial charge in [-0.3, -0.25) is 4.99 Å². The molecule has 22 heavy (non-hydrogen) atoms. The summed E-state index contributed by atoms with van der Waals surface area (Å²) < 4.78 is 0. The van der Waals surface area contributed by atoms with Crippen LogP contribution in [0.5, 0.6) is 0 Å². The van der Waals surface area contributed by atoms with Crippen molar-refractivity contribution in [1.82, 2.24) is 10.6 Å². The van der Waals surface area contributed by atoms with Gasteiger partial charge in [-0.1, -0.05) is 19.1 Å². The van der Waals surface area contributed by atoms with E-state index in [1.807, 2.05) is 24.3 Å². The molecule has 0 radical (unpaired) electrons. The van der Waals surface area contributed by atoms with Crippen molar-refractivity contribution in [1.29, 1.82) is 5.41 Å². The molecule has 0 atom stereocenters. The SMILES string of the molecule is C=N/C(NC)=C(C=N)\C(=N/CCC)NCc1ccc(S)cc1. The van der Waals surface area contributed by atoms with Crippen molar-refractivity contribution in [3.8, 4) is 0 Å². The average Bonchev–Trinajstić information content (AvgIpc) is 2.55. The van der Waals surface area contributed by atoms with Crippen LogP contribution in [0.25, 0.3) is 0 Å². The van der Waals surface area contributed by atoms with E-state index < -0.39 is 0 Å². The molecule has 1 aromatic carbocycles. The zero-order valence-electron chi connectivity index (χ0n) is 13.1. The molecule has 1 rings (SSSR count). The number of rotatable bonds is 8. The highest BCUT2D eigenvalue weighted by Crippen LogP contribution is 2.08. The maximum atomic E-state index is 7.63. The summed E-state index contributed by atoms with van der Waals surface area (Å²) in [6, 6.07) is 7.90. The van der Waals surface area contributed by atoms with Crippen LogP contribution in [-0.2, 0) is 6.54 Å². The van der Waals surface area contributed by atoms with E-state index in [1.54, 1.807) is 7.05 Å². The average molecular weight is 317 g/mol. The molecule has 0 saturated heterocycles. The fraction of sp³-hybridized carbons (Fsp3) is 0.312. The molecule has 0 saturated carbocycles. The Hall–Kier alpha value is -2.08. The summed E-state index contributed by atoms with van der Waals surface area (Å²) in [5.74, 6) is 1.17. The fourth-order valence-electron chi connectivity index (χ4n) is 1.81. The number of nitrogens with one attached hydrogen (secondary N) is 3. The summed E-state index contributed by atoms with van der Waals surface area (Å²) in [5.41, 5.74) is 1.71. The van der Waals surface area contributed by atoms with Crippen LogP contribution in [0.3, 0.4) is 0 Å². The quantitative estimate of drug-likeness (QED) is 0.338. The van der Waals surface area contributed by atoms with Crippen molar-refractivity contribution in [2.45, 2.75) is 24.8 Å². The Bertz CT molecular complexity index is 560. The van der Waals surface area contributed by atoms with Crippen LogP contribution in [0.2, 0.25) is 0 Å². The predicted molar refractivity (Wildman–Crippen MR) is 97.5 cm³/mol. The highest BCUT2D eigenvalue weighted by molar-refractivity contribution is 7.80. The standard InChI is InChI=1S/C16H23N5S/c1-4-9-20-16(14(10-17)15(18-2)19-3)21-11-12-5-7-13(22)8-6-12/h5-8,10,17,19,22H,2,4,9,11H2,1,3H3,(H,20,21)/b15-14+,17-10?. The van der Waals surface area contributed by atoms with Crippen LogP contribution in [0.1, 0.15) is 18.9 Å².